The molecule has 0 bridgehead atoms. The SMILES string of the molecule is CCCCSCC(=O)NCc1cc[nH]c1. The first-order valence-electron chi connectivity index (χ1n) is 5.29. The molecule has 4 heteroatoms. The van der Waals surface area contributed by atoms with Crippen LogP contribution < -0.4 is 5.32 Å². The molecule has 1 rings (SSSR count). The van der Waals surface area contributed by atoms with E-state index < -0.39 is 0 Å². The van der Waals surface area contributed by atoms with Gasteiger partial charge in [0.25, 0.3) is 0 Å². The van der Waals surface area contributed by atoms with Gasteiger partial charge in [0.15, 0.2) is 0 Å². The highest BCUT2D eigenvalue weighted by Gasteiger charge is 2.00. The fourth-order valence-corrected chi connectivity index (χ4v) is 2.06. The van der Waals surface area contributed by atoms with E-state index in [0.29, 0.717) is 12.3 Å². The van der Waals surface area contributed by atoms with Crippen LogP contribution in [0.1, 0.15) is 25.3 Å². The van der Waals surface area contributed by atoms with Gasteiger partial charge in [-0.15, -0.1) is 0 Å². The van der Waals surface area contributed by atoms with Gasteiger partial charge in [0.05, 0.1) is 5.75 Å². The molecule has 0 saturated heterocycles. The van der Waals surface area contributed by atoms with Crippen LogP contribution in [0.4, 0.5) is 0 Å². The van der Waals surface area contributed by atoms with Gasteiger partial charge in [-0.25, -0.2) is 0 Å². The Morgan fingerprint density at radius 3 is 3.13 bits per heavy atom. The maximum absolute atomic E-state index is 11.4. The molecule has 0 aliphatic carbocycles. The van der Waals surface area contributed by atoms with Gasteiger partial charge in [-0.3, -0.25) is 4.79 Å². The number of thioether (sulfide) groups is 1. The Hall–Kier alpha value is -0.900. The van der Waals surface area contributed by atoms with Crippen LogP contribution in [0.2, 0.25) is 0 Å². The van der Waals surface area contributed by atoms with Crippen LogP contribution in [0.3, 0.4) is 0 Å². The third-order valence-electron chi connectivity index (χ3n) is 2.03. The average Bonchev–Trinajstić information content (AvgIpc) is 2.74. The molecule has 0 aliphatic heterocycles. The highest BCUT2D eigenvalue weighted by atomic mass is 32.2. The monoisotopic (exact) mass is 226 g/mol. The quantitative estimate of drug-likeness (QED) is 0.700. The standard InChI is InChI=1S/C11H18N2OS/c1-2-3-6-15-9-11(14)13-8-10-4-5-12-7-10/h4-5,7,12H,2-3,6,8-9H2,1H3,(H,13,14). The lowest BCUT2D eigenvalue weighted by molar-refractivity contribution is -0.118. The molecule has 0 saturated carbocycles. The van der Waals surface area contributed by atoms with Gasteiger partial charge in [0.2, 0.25) is 5.91 Å². The second-order valence-corrected chi connectivity index (χ2v) is 4.51. The smallest absolute Gasteiger partial charge is 0.230 e. The first kappa shape index (κ1) is 12.2. The van der Waals surface area contributed by atoms with Gasteiger partial charge < -0.3 is 10.3 Å². The number of carbonyl (C=O) groups is 1. The van der Waals surface area contributed by atoms with E-state index in [1.54, 1.807) is 11.8 Å². The van der Waals surface area contributed by atoms with E-state index in [9.17, 15) is 4.79 Å². The zero-order valence-electron chi connectivity index (χ0n) is 9.08. The molecule has 15 heavy (non-hydrogen) atoms. The topological polar surface area (TPSA) is 44.9 Å². The van der Waals surface area contributed by atoms with Crippen LogP contribution in [0.5, 0.6) is 0 Å². The summed E-state index contributed by atoms with van der Waals surface area (Å²) in [7, 11) is 0. The molecule has 2 N–H and O–H groups in total. The Labute approximate surface area is 95.0 Å². The number of nitrogens with one attached hydrogen (secondary N) is 2. The van der Waals surface area contributed by atoms with Crippen LogP contribution in [0.25, 0.3) is 0 Å². The lowest BCUT2D eigenvalue weighted by Gasteiger charge is -2.03. The van der Waals surface area contributed by atoms with Crippen LogP contribution in [0.15, 0.2) is 18.5 Å². The summed E-state index contributed by atoms with van der Waals surface area (Å²) in [5, 5.41) is 2.88. The number of hydrogen-bond acceptors (Lipinski definition) is 2. The van der Waals surface area contributed by atoms with Crippen LogP contribution in [0, 0.1) is 0 Å². The van der Waals surface area contributed by atoms with E-state index in [4.69, 9.17) is 0 Å². The van der Waals surface area contributed by atoms with E-state index in [1.807, 2.05) is 18.5 Å². The fraction of sp³-hybridized carbons (Fsp3) is 0.545. The predicted octanol–water partition coefficient (Wildman–Crippen LogP) is 2.16. The summed E-state index contributed by atoms with van der Waals surface area (Å²) in [4.78, 5) is 14.3. The minimum Gasteiger partial charge on any atom is -0.367 e. The number of H-pyrrole nitrogens is 1. The van der Waals surface area contributed by atoms with Crippen molar-refractivity contribution in [2.45, 2.75) is 26.3 Å². The van der Waals surface area contributed by atoms with Crippen molar-refractivity contribution in [2.75, 3.05) is 11.5 Å². The molecular weight excluding hydrogens is 208 g/mol. The molecule has 0 aliphatic rings. The van der Waals surface area contributed by atoms with Gasteiger partial charge in [-0.05, 0) is 23.8 Å². The lowest BCUT2D eigenvalue weighted by Crippen LogP contribution is -2.24. The zero-order chi connectivity index (χ0) is 10.9. The molecule has 0 fully saturated rings. The van der Waals surface area contributed by atoms with E-state index in [-0.39, 0.29) is 5.91 Å². The minimum absolute atomic E-state index is 0.123. The number of carbonyl (C=O) groups excluding carboxylic acids is 1. The van der Waals surface area contributed by atoms with Gasteiger partial charge in [0.1, 0.15) is 0 Å². The van der Waals surface area contributed by atoms with Crippen LogP contribution in [-0.4, -0.2) is 22.4 Å². The number of aromatic amines is 1. The average molecular weight is 226 g/mol. The summed E-state index contributed by atoms with van der Waals surface area (Å²) in [6, 6.07) is 1.96. The van der Waals surface area contributed by atoms with Crippen LogP contribution in [-0.2, 0) is 11.3 Å². The van der Waals surface area contributed by atoms with Crippen LogP contribution >= 0.6 is 11.8 Å². The molecule has 3 nitrogen and oxygen atoms in total. The molecule has 0 aromatic carbocycles. The second-order valence-electron chi connectivity index (χ2n) is 3.40. The van der Waals surface area contributed by atoms with Gasteiger partial charge in [-0.1, -0.05) is 13.3 Å². The van der Waals surface area contributed by atoms with Crippen molar-refractivity contribution in [1.29, 1.82) is 0 Å². The number of hydrogen-bond donors (Lipinski definition) is 2. The largest absolute Gasteiger partial charge is 0.367 e. The number of amides is 1. The van der Waals surface area contributed by atoms with Gasteiger partial charge in [-0.2, -0.15) is 11.8 Å². The third kappa shape index (κ3) is 5.52. The Kier molecular flexibility index (Phi) is 6.00. The van der Waals surface area contributed by atoms with Crippen molar-refractivity contribution in [2.24, 2.45) is 0 Å². The van der Waals surface area contributed by atoms with Gasteiger partial charge in [0, 0.05) is 18.9 Å². The molecule has 0 atom stereocenters. The molecule has 0 spiro atoms. The molecule has 0 unspecified atom stereocenters. The summed E-state index contributed by atoms with van der Waals surface area (Å²) in [6.07, 6.45) is 6.13. The van der Waals surface area contributed by atoms with Crippen molar-refractivity contribution >= 4 is 17.7 Å². The molecule has 0 radical (unpaired) electrons. The summed E-state index contributed by atoms with van der Waals surface area (Å²) in [6.45, 7) is 2.78. The van der Waals surface area contributed by atoms with Crippen molar-refractivity contribution in [3.63, 3.8) is 0 Å². The highest BCUT2D eigenvalue weighted by molar-refractivity contribution is 7.99. The summed E-state index contributed by atoms with van der Waals surface area (Å²) < 4.78 is 0. The Morgan fingerprint density at radius 2 is 2.47 bits per heavy atom. The maximum Gasteiger partial charge on any atom is 0.230 e. The first-order valence-corrected chi connectivity index (χ1v) is 6.44. The van der Waals surface area contributed by atoms with Crippen molar-refractivity contribution in [3.05, 3.63) is 24.0 Å². The highest BCUT2D eigenvalue weighted by Crippen LogP contribution is 2.03. The second kappa shape index (κ2) is 7.40. The minimum atomic E-state index is 0.123. The lowest BCUT2D eigenvalue weighted by atomic mass is 10.3. The fourth-order valence-electron chi connectivity index (χ4n) is 1.13. The van der Waals surface area contributed by atoms with E-state index in [2.05, 4.69) is 17.2 Å². The van der Waals surface area contributed by atoms with E-state index in [0.717, 1.165) is 11.3 Å². The molecule has 1 aromatic heterocycles. The number of unbranched alkanes of at least 4 members (excludes halogenated alkanes) is 1. The predicted molar refractivity (Wildman–Crippen MR) is 64.9 cm³/mol. The van der Waals surface area contributed by atoms with Crippen molar-refractivity contribution in [1.82, 2.24) is 10.3 Å². The zero-order valence-corrected chi connectivity index (χ0v) is 9.90. The Bertz CT molecular complexity index is 272. The Balaban J connectivity index is 2.04. The molecule has 1 heterocycles. The van der Waals surface area contributed by atoms with Crippen molar-refractivity contribution < 1.29 is 4.79 Å². The molecule has 84 valence electrons. The summed E-state index contributed by atoms with van der Waals surface area (Å²) >= 11 is 1.70. The van der Waals surface area contributed by atoms with E-state index >= 15 is 0 Å². The maximum atomic E-state index is 11.4. The van der Waals surface area contributed by atoms with Crippen molar-refractivity contribution in [3.8, 4) is 0 Å². The summed E-state index contributed by atoms with van der Waals surface area (Å²) in [5.41, 5.74) is 1.11. The Morgan fingerprint density at radius 1 is 1.60 bits per heavy atom. The first-order chi connectivity index (χ1) is 7.33. The van der Waals surface area contributed by atoms with E-state index in [1.165, 1.54) is 12.8 Å². The number of rotatable bonds is 7. The van der Waals surface area contributed by atoms with Gasteiger partial charge >= 0.3 is 0 Å². The summed E-state index contributed by atoms with van der Waals surface area (Å²) in [5.74, 6) is 1.77. The molecule has 1 aromatic rings. The normalized spacial score (nSPS) is 10.2. The molecular formula is C11H18N2OS. The number of aromatic nitrogens is 1. The third-order valence-corrected chi connectivity index (χ3v) is 3.07. The molecule has 1 amide bonds.